The van der Waals surface area contributed by atoms with E-state index in [-0.39, 0.29) is 18.0 Å². The Morgan fingerprint density at radius 1 is 0.968 bits per heavy atom. The molecule has 0 aliphatic rings. The molecule has 4 rings (SSSR count). The minimum atomic E-state index is -0.453. The number of imidazole rings is 1. The van der Waals surface area contributed by atoms with Crippen LogP contribution in [0.5, 0.6) is 5.75 Å². The van der Waals surface area contributed by atoms with Crippen LogP contribution in [0.3, 0.4) is 0 Å². The highest BCUT2D eigenvalue weighted by molar-refractivity contribution is 5.74. The number of hydrogen-bond donors (Lipinski definition) is 1. The first-order valence-electron chi connectivity index (χ1n) is 9.66. The maximum Gasteiger partial charge on any atom is 0.332 e. The van der Waals surface area contributed by atoms with Crippen molar-refractivity contribution in [2.75, 3.05) is 12.4 Å². The zero-order chi connectivity index (χ0) is 22.1. The van der Waals surface area contributed by atoms with Gasteiger partial charge in [-0.05, 0) is 35.4 Å². The maximum absolute atomic E-state index is 13.3. The Morgan fingerprint density at radius 2 is 1.61 bits per heavy atom. The van der Waals surface area contributed by atoms with Gasteiger partial charge in [-0.25, -0.2) is 9.18 Å². The number of hydrogen-bond acceptors (Lipinski definition) is 5. The van der Waals surface area contributed by atoms with E-state index < -0.39 is 11.2 Å². The number of anilines is 1. The number of halogens is 1. The lowest BCUT2D eigenvalue weighted by Gasteiger charge is -2.11. The highest BCUT2D eigenvalue weighted by atomic mass is 19.1. The van der Waals surface area contributed by atoms with Gasteiger partial charge in [0.15, 0.2) is 11.2 Å². The van der Waals surface area contributed by atoms with Crippen LogP contribution in [-0.2, 0) is 27.2 Å². The van der Waals surface area contributed by atoms with Crippen molar-refractivity contribution in [3.63, 3.8) is 0 Å². The largest absolute Gasteiger partial charge is 0.497 e. The minimum Gasteiger partial charge on any atom is -0.497 e. The lowest BCUT2D eigenvalue weighted by molar-refractivity contribution is 0.414. The smallest absolute Gasteiger partial charge is 0.332 e. The molecular weight excluding hydrogens is 401 g/mol. The van der Waals surface area contributed by atoms with E-state index in [2.05, 4.69) is 10.3 Å². The lowest BCUT2D eigenvalue weighted by atomic mass is 10.2. The SMILES string of the molecule is COc1ccc(CNc2nc3c(c(=O)n(C)c(=O)n3C)n2Cc2ccc(F)cc2)cc1. The normalized spacial score (nSPS) is 11.1. The highest BCUT2D eigenvalue weighted by Gasteiger charge is 2.19. The van der Waals surface area contributed by atoms with Crippen LogP contribution >= 0.6 is 0 Å². The monoisotopic (exact) mass is 423 g/mol. The number of methoxy groups -OCH3 is 1. The van der Waals surface area contributed by atoms with E-state index >= 15 is 0 Å². The Hall–Kier alpha value is -3.88. The summed E-state index contributed by atoms with van der Waals surface area (Å²) in [6, 6.07) is 13.6. The van der Waals surface area contributed by atoms with Crippen molar-refractivity contribution in [1.29, 1.82) is 0 Å². The summed E-state index contributed by atoms with van der Waals surface area (Å²) in [7, 11) is 4.62. The average Bonchev–Trinajstić information content (AvgIpc) is 3.15. The molecule has 160 valence electrons. The van der Waals surface area contributed by atoms with Crippen molar-refractivity contribution in [2.45, 2.75) is 13.1 Å². The summed E-state index contributed by atoms with van der Waals surface area (Å²) >= 11 is 0. The molecule has 0 aliphatic heterocycles. The zero-order valence-corrected chi connectivity index (χ0v) is 17.4. The summed E-state index contributed by atoms with van der Waals surface area (Å²) in [5, 5.41) is 3.25. The maximum atomic E-state index is 13.3. The lowest BCUT2D eigenvalue weighted by Crippen LogP contribution is -2.37. The molecule has 0 amide bonds. The quantitative estimate of drug-likeness (QED) is 0.514. The van der Waals surface area contributed by atoms with Crippen molar-refractivity contribution in [2.24, 2.45) is 14.1 Å². The Bertz CT molecular complexity index is 1350. The molecule has 0 fully saturated rings. The van der Waals surface area contributed by atoms with Crippen LogP contribution < -0.4 is 21.3 Å². The fourth-order valence-corrected chi connectivity index (χ4v) is 3.43. The summed E-state index contributed by atoms with van der Waals surface area (Å²) in [5.41, 5.74) is 1.47. The number of nitrogens with one attached hydrogen (secondary N) is 1. The molecule has 2 heterocycles. The average molecular weight is 423 g/mol. The third kappa shape index (κ3) is 3.81. The van der Waals surface area contributed by atoms with Crippen molar-refractivity contribution < 1.29 is 9.13 Å². The second-order valence-electron chi connectivity index (χ2n) is 7.23. The molecule has 0 unspecified atom stereocenters. The molecule has 9 heteroatoms. The Kier molecular flexibility index (Phi) is 5.33. The Labute approximate surface area is 177 Å². The van der Waals surface area contributed by atoms with E-state index in [4.69, 9.17) is 4.74 Å². The summed E-state index contributed by atoms with van der Waals surface area (Å²) in [6.07, 6.45) is 0. The third-order valence-corrected chi connectivity index (χ3v) is 5.21. The van der Waals surface area contributed by atoms with Gasteiger partial charge in [-0.2, -0.15) is 4.98 Å². The molecule has 0 aliphatic carbocycles. The van der Waals surface area contributed by atoms with Gasteiger partial charge in [0.05, 0.1) is 13.7 Å². The molecule has 31 heavy (non-hydrogen) atoms. The van der Waals surface area contributed by atoms with Crippen LogP contribution in [0, 0.1) is 5.82 Å². The number of rotatable bonds is 6. The van der Waals surface area contributed by atoms with Gasteiger partial charge in [0.1, 0.15) is 11.6 Å². The predicted octanol–water partition coefficient (Wildman–Crippen LogP) is 2.24. The van der Waals surface area contributed by atoms with Crippen LogP contribution in [0.15, 0.2) is 58.1 Å². The van der Waals surface area contributed by atoms with E-state index in [1.54, 1.807) is 30.9 Å². The molecule has 0 saturated heterocycles. The van der Waals surface area contributed by atoms with E-state index in [1.165, 1.54) is 23.7 Å². The third-order valence-electron chi connectivity index (χ3n) is 5.21. The fraction of sp³-hybridized carbons (Fsp3) is 0.227. The van der Waals surface area contributed by atoms with Crippen LogP contribution in [0.25, 0.3) is 11.2 Å². The Morgan fingerprint density at radius 3 is 2.26 bits per heavy atom. The fourth-order valence-electron chi connectivity index (χ4n) is 3.43. The van der Waals surface area contributed by atoms with Gasteiger partial charge in [-0.1, -0.05) is 24.3 Å². The van der Waals surface area contributed by atoms with Crippen LogP contribution in [0.2, 0.25) is 0 Å². The zero-order valence-electron chi connectivity index (χ0n) is 17.4. The Balaban J connectivity index is 1.79. The van der Waals surface area contributed by atoms with E-state index in [0.717, 1.165) is 21.4 Å². The van der Waals surface area contributed by atoms with Crippen molar-refractivity contribution in [1.82, 2.24) is 18.7 Å². The van der Waals surface area contributed by atoms with E-state index in [9.17, 15) is 14.0 Å². The molecule has 8 nitrogen and oxygen atoms in total. The van der Waals surface area contributed by atoms with Gasteiger partial charge in [0.2, 0.25) is 5.95 Å². The molecule has 4 aromatic rings. The second-order valence-corrected chi connectivity index (χ2v) is 7.23. The van der Waals surface area contributed by atoms with Crippen molar-refractivity contribution in [3.8, 4) is 5.75 Å². The van der Waals surface area contributed by atoms with Crippen molar-refractivity contribution >= 4 is 17.1 Å². The first-order chi connectivity index (χ1) is 14.9. The number of ether oxygens (including phenoxy) is 1. The van der Waals surface area contributed by atoms with Gasteiger partial charge in [0.25, 0.3) is 5.56 Å². The van der Waals surface area contributed by atoms with Crippen LogP contribution in [0.4, 0.5) is 10.3 Å². The molecular formula is C22H22FN5O3. The molecule has 0 spiro atoms. The van der Waals surface area contributed by atoms with Crippen LogP contribution in [-0.4, -0.2) is 25.8 Å². The van der Waals surface area contributed by atoms with Gasteiger partial charge in [-0.3, -0.25) is 18.5 Å². The number of aromatic nitrogens is 4. The molecule has 1 N–H and O–H groups in total. The summed E-state index contributed by atoms with van der Waals surface area (Å²) < 4.78 is 22.6. The van der Waals surface area contributed by atoms with Gasteiger partial charge in [0, 0.05) is 20.6 Å². The van der Waals surface area contributed by atoms with Gasteiger partial charge >= 0.3 is 5.69 Å². The first-order valence-corrected chi connectivity index (χ1v) is 9.66. The predicted molar refractivity (Wildman–Crippen MR) is 116 cm³/mol. The molecule has 0 radical (unpaired) electrons. The number of nitrogens with zero attached hydrogens (tertiary/aromatic N) is 4. The molecule has 2 aromatic carbocycles. The number of aryl methyl sites for hydroxylation is 1. The standard InChI is InChI=1S/C22H22FN5O3/c1-26-19-18(20(29)27(2)22(26)30)28(13-15-4-8-16(23)9-5-15)21(25-19)24-12-14-6-10-17(31-3)11-7-14/h4-11H,12-13H2,1-3H3,(H,24,25). The topological polar surface area (TPSA) is 83.1 Å². The molecule has 2 aromatic heterocycles. The van der Waals surface area contributed by atoms with Crippen LogP contribution in [0.1, 0.15) is 11.1 Å². The molecule has 0 atom stereocenters. The van der Waals surface area contributed by atoms with Gasteiger partial charge in [-0.15, -0.1) is 0 Å². The van der Waals surface area contributed by atoms with E-state index in [0.29, 0.717) is 18.0 Å². The summed E-state index contributed by atoms with van der Waals surface area (Å²) in [5.74, 6) is 0.856. The second kappa shape index (κ2) is 8.10. The first kappa shape index (κ1) is 20.4. The highest BCUT2D eigenvalue weighted by Crippen LogP contribution is 2.19. The van der Waals surface area contributed by atoms with Crippen molar-refractivity contribution in [3.05, 3.63) is 86.3 Å². The molecule has 0 bridgehead atoms. The summed E-state index contributed by atoms with van der Waals surface area (Å²) in [6.45, 7) is 0.736. The summed E-state index contributed by atoms with van der Waals surface area (Å²) in [4.78, 5) is 29.8. The minimum absolute atomic E-state index is 0.285. The number of benzene rings is 2. The van der Waals surface area contributed by atoms with Gasteiger partial charge < -0.3 is 10.1 Å². The molecule has 0 saturated carbocycles. The number of fused-ring (bicyclic) bond motifs is 1. The van der Waals surface area contributed by atoms with E-state index in [1.807, 2.05) is 24.3 Å².